The molecule has 0 aromatic heterocycles. The smallest absolute Gasteiger partial charge is 0.260 e. The third-order valence-electron chi connectivity index (χ3n) is 4.52. The molecule has 144 valence electrons. The number of amides is 1. The minimum atomic E-state index is -3.54. The molecule has 1 aromatic carbocycles. The van der Waals surface area contributed by atoms with Crippen LogP contribution in [0.5, 0.6) is 0 Å². The first-order chi connectivity index (χ1) is 12.7. The number of sulfonamides is 1. The number of benzene rings is 1. The van der Waals surface area contributed by atoms with E-state index in [4.69, 9.17) is 0 Å². The summed E-state index contributed by atoms with van der Waals surface area (Å²) in [5, 5.41) is 3.03. The molecule has 4 rings (SSSR count). The fraction of sp³-hybridized carbons (Fsp3) is 0.375. The number of rotatable bonds is 3. The minimum Gasteiger partial charge on any atom is -0.348 e. The summed E-state index contributed by atoms with van der Waals surface area (Å²) in [6, 6.07) is 8.77. The lowest BCUT2D eigenvalue weighted by molar-refractivity contribution is -0.117. The van der Waals surface area contributed by atoms with Gasteiger partial charge in [0.25, 0.3) is 15.9 Å². The summed E-state index contributed by atoms with van der Waals surface area (Å²) in [4.78, 5) is 15.0. The quantitative estimate of drug-likeness (QED) is 0.743. The Morgan fingerprint density at radius 1 is 1.15 bits per heavy atom. The van der Waals surface area contributed by atoms with Crippen molar-refractivity contribution in [1.29, 1.82) is 0 Å². The third-order valence-corrected chi connectivity index (χ3v) is 8.63. The van der Waals surface area contributed by atoms with Crippen molar-refractivity contribution < 1.29 is 21.6 Å². The summed E-state index contributed by atoms with van der Waals surface area (Å²) < 4.78 is 50.8. The largest absolute Gasteiger partial charge is 0.348 e. The molecule has 1 fully saturated rings. The number of hydrogen-bond acceptors (Lipinski definition) is 7. The molecule has 1 saturated heterocycles. The predicted octanol–water partition coefficient (Wildman–Crippen LogP) is 0.407. The first-order valence-electron chi connectivity index (χ1n) is 8.33. The van der Waals surface area contributed by atoms with Crippen molar-refractivity contribution in [2.24, 2.45) is 4.40 Å². The maximum absolute atomic E-state index is 12.9. The molecule has 11 heteroatoms. The van der Waals surface area contributed by atoms with E-state index in [0.717, 1.165) is 17.3 Å². The zero-order valence-corrected chi connectivity index (χ0v) is 16.6. The number of nitrogens with zero attached hydrogens (tertiary/aromatic N) is 2. The van der Waals surface area contributed by atoms with E-state index in [-0.39, 0.29) is 29.0 Å². The van der Waals surface area contributed by atoms with Crippen molar-refractivity contribution in [3.63, 3.8) is 0 Å². The average molecular weight is 428 g/mol. The molecule has 0 saturated carbocycles. The highest BCUT2D eigenvalue weighted by Crippen LogP contribution is 2.41. The molecule has 3 aliphatic rings. The molecular formula is C16H17N3O5S3. The van der Waals surface area contributed by atoms with Gasteiger partial charge in [-0.15, -0.1) is 4.40 Å². The third kappa shape index (κ3) is 3.76. The van der Waals surface area contributed by atoms with Crippen LogP contribution in [-0.2, 0) is 24.7 Å². The van der Waals surface area contributed by atoms with Crippen molar-refractivity contribution in [2.45, 2.75) is 12.5 Å². The molecule has 0 bridgehead atoms. The van der Waals surface area contributed by atoms with Gasteiger partial charge in [-0.2, -0.15) is 0 Å². The Hall–Kier alpha value is -1.85. The van der Waals surface area contributed by atoms with Gasteiger partial charge in [-0.3, -0.25) is 4.79 Å². The molecule has 0 radical (unpaired) electrons. The summed E-state index contributed by atoms with van der Waals surface area (Å²) in [6.45, 7) is 0.215. The van der Waals surface area contributed by atoms with Gasteiger partial charge >= 0.3 is 0 Å². The Bertz CT molecular complexity index is 1060. The number of hydrogen-bond donors (Lipinski definition) is 1. The maximum atomic E-state index is 12.9. The fourth-order valence-corrected chi connectivity index (χ4v) is 7.21. The predicted molar refractivity (Wildman–Crippen MR) is 104 cm³/mol. The van der Waals surface area contributed by atoms with Gasteiger partial charge in [0.05, 0.1) is 23.0 Å². The average Bonchev–Trinajstić information content (AvgIpc) is 3.14. The zero-order valence-electron chi connectivity index (χ0n) is 14.2. The Labute approximate surface area is 161 Å². The Morgan fingerprint density at radius 2 is 1.89 bits per heavy atom. The van der Waals surface area contributed by atoms with E-state index in [1.807, 2.05) is 30.3 Å². The van der Waals surface area contributed by atoms with E-state index in [2.05, 4.69) is 9.71 Å². The van der Waals surface area contributed by atoms with Crippen LogP contribution in [0.4, 0.5) is 0 Å². The minimum absolute atomic E-state index is 0.0623. The van der Waals surface area contributed by atoms with E-state index >= 15 is 0 Å². The number of fused-ring (bicyclic) bond motifs is 1. The molecule has 27 heavy (non-hydrogen) atoms. The van der Waals surface area contributed by atoms with Crippen LogP contribution in [0.3, 0.4) is 0 Å². The normalized spacial score (nSPS) is 25.9. The van der Waals surface area contributed by atoms with Crippen LogP contribution < -0.4 is 5.32 Å². The van der Waals surface area contributed by atoms with Gasteiger partial charge in [-0.1, -0.05) is 30.3 Å². The highest BCUT2D eigenvalue weighted by Gasteiger charge is 2.39. The zero-order chi connectivity index (χ0) is 19.2. The van der Waals surface area contributed by atoms with Gasteiger partial charge in [0.2, 0.25) is 0 Å². The van der Waals surface area contributed by atoms with Crippen molar-refractivity contribution >= 4 is 48.4 Å². The molecule has 3 heterocycles. The second kappa shape index (κ2) is 6.64. The summed E-state index contributed by atoms with van der Waals surface area (Å²) >= 11 is 1.01. The Kier molecular flexibility index (Phi) is 4.55. The van der Waals surface area contributed by atoms with Crippen LogP contribution in [-0.4, -0.2) is 62.7 Å². The summed E-state index contributed by atoms with van der Waals surface area (Å²) in [6.07, 6.45) is 0.381. The van der Waals surface area contributed by atoms with E-state index in [9.17, 15) is 21.6 Å². The van der Waals surface area contributed by atoms with Crippen LogP contribution in [0.2, 0.25) is 0 Å². The van der Waals surface area contributed by atoms with Crippen LogP contribution in [0.25, 0.3) is 5.70 Å². The number of carbonyl (C=O) groups is 1. The van der Waals surface area contributed by atoms with Crippen molar-refractivity contribution in [1.82, 2.24) is 10.2 Å². The van der Waals surface area contributed by atoms with Crippen LogP contribution in [0.15, 0.2) is 39.6 Å². The van der Waals surface area contributed by atoms with E-state index < -0.39 is 31.8 Å². The fourth-order valence-electron chi connectivity index (χ4n) is 3.26. The number of nitrogens with one attached hydrogen (secondary N) is 1. The summed E-state index contributed by atoms with van der Waals surface area (Å²) in [5.74, 6) is -0.540. The van der Waals surface area contributed by atoms with Gasteiger partial charge < -0.3 is 10.2 Å². The first kappa shape index (κ1) is 18.5. The molecule has 1 unspecified atom stereocenters. The Morgan fingerprint density at radius 3 is 2.56 bits per heavy atom. The number of carbonyl (C=O) groups excluding carboxylic acids is 1. The van der Waals surface area contributed by atoms with Crippen LogP contribution in [0.1, 0.15) is 12.0 Å². The lowest BCUT2D eigenvalue weighted by Crippen LogP contribution is -2.36. The van der Waals surface area contributed by atoms with Gasteiger partial charge in [-0.05, 0) is 23.7 Å². The van der Waals surface area contributed by atoms with Crippen LogP contribution in [0, 0.1) is 0 Å². The van der Waals surface area contributed by atoms with Gasteiger partial charge in [0, 0.05) is 12.6 Å². The second-order valence-corrected chi connectivity index (χ2v) is 11.5. The van der Waals surface area contributed by atoms with E-state index in [1.54, 1.807) is 4.90 Å². The number of sulfone groups is 1. The monoisotopic (exact) mass is 427 g/mol. The molecule has 1 atom stereocenters. The van der Waals surface area contributed by atoms with Crippen molar-refractivity contribution in [2.75, 3.05) is 23.8 Å². The topological polar surface area (TPSA) is 113 Å². The molecular weight excluding hydrogens is 410 g/mol. The molecule has 8 nitrogen and oxygen atoms in total. The summed E-state index contributed by atoms with van der Waals surface area (Å²) in [7, 11) is -6.66. The molecule has 0 aliphatic carbocycles. The van der Waals surface area contributed by atoms with E-state index in [1.165, 1.54) is 0 Å². The number of amidine groups is 1. The van der Waals surface area contributed by atoms with Gasteiger partial charge in [-0.25, -0.2) is 16.8 Å². The second-order valence-electron chi connectivity index (χ2n) is 6.53. The maximum Gasteiger partial charge on any atom is 0.260 e. The van der Waals surface area contributed by atoms with E-state index in [0.29, 0.717) is 17.0 Å². The van der Waals surface area contributed by atoms with Crippen LogP contribution >= 0.6 is 11.8 Å². The standard InChI is InChI=1S/C16H17N3O5S3/c20-15(17-12-6-8-26(21,22)10-12)14-13(11-4-2-1-3-5-11)19-7-9-27(23,24)18-16(19)25-14/h1-5,12H,6-10H2,(H,17,20). The molecule has 3 aliphatic heterocycles. The van der Waals surface area contributed by atoms with Gasteiger partial charge in [0.15, 0.2) is 15.0 Å². The molecule has 1 N–H and O–H groups in total. The first-order valence-corrected chi connectivity index (χ1v) is 12.6. The van der Waals surface area contributed by atoms with Crippen molar-refractivity contribution in [3.05, 3.63) is 40.8 Å². The Balaban J connectivity index is 1.70. The molecule has 1 aromatic rings. The highest BCUT2D eigenvalue weighted by molar-refractivity contribution is 8.19. The SMILES string of the molecule is O=C(NC1CCS(=O)(=O)C1)C1=C(c2ccccc2)N2CCS(=O)(=O)N=C2S1. The summed E-state index contributed by atoms with van der Waals surface area (Å²) in [5.41, 5.74) is 1.38. The molecule has 1 amide bonds. The van der Waals surface area contributed by atoms with Crippen molar-refractivity contribution in [3.8, 4) is 0 Å². The van der Waals surface area contributed by atoms with Gasteiger partial charge in [0.1, 0.15) is 4.91 Å². The molecule has 0 spiro atoms. The highest BCUT2D eigenvalue weighted by atomic mass is 32.2. The lowest BCUT2D eigenvalue weighted by atomic mass is 10.1. The number of thioether (sulfide) groups is 1. The lowest BCUT2D eigenvalue weighted by Gasteiger charge is -2.25.